The van der Waals surface area contributed by atoms with Crippen LogP contribution >= 0.6 is 6.64 Å². The molecule has 1 saturated heterocycles. The molecule has 1 unspecified atom stereocenters. The molecule has 4 rings (SSSR count). The minimum absolute atomic E-state index is 0.0743. The third-order valence-corrected chi connectivity index (χ3v) is 8.65. The van der Waals surface area contributed by atoms with Gasteiger partial charge in [-0.2, -0.15) is 9.97 Å². The molecule has 17 heteroatoms. The van der Waals surface area contributed by atoms with Crippen LogP contribution in [0.4, 0.5) is 10.3 Å². The van der Waals surface area contributed by atoms with Gasteiger partial charge in [0.15, 0.2) is 17.4 Å². The molecule has 0 radical (unpaired) electrons. The Morgan fingerprint density at radius 2 is 2.00 bits per heavy atom. The molecule has 1 aromatic carbocycles. The first kappa shape index (κ1) is 31.9. The van der Waals surface area contributed by atoms with Gasteiger partial charge in [0.1, 0.15) is 30.1 Å². The van der Waals surface area contributed by atoms with Crippen LogP contribution in [0, 0.1) is 0 Å². The number of benzene rings is 1. The molecule has 14 nitrogen and oxygen atoms in total. The van der Waals surface area contributed by atoms with Crippen molar-refractivity contribution in [3.63, 3.8) is 0 Å². The summed E-state index contributed by atoms with van der Waals surface area (Å²) >= 11 is 5.62. The van der Waals surface area contributed by atoms with E-state index in [2.05, 4.69) is 20.0 Å². The predicted molar refractivity (Wildman–Crippen MR) is 153 cm³/mol. The molecule has 0 spiro atoms. The fourth-order valence-corrected chi connectivity index (χ4v) is 6.61. The normalized spacial score (nSPS) is 26.2. The molecule has 0 bridgehead atoms. The number of rotatable bonds is 12. The van der Waals surface area contributed by atoms with E-state index in [0.717, 1.165) is 0 Å². The summed E-state index contributed by atoms with van der Waals surface area (Å²) in [5, 5.41) is 25.0. The number of nitrogen functional groups attached to an aromatic ring is 1. The summed E-state index contributed by atoms with van der Waals surface area (Å²) in [6, 6.07) is 7.34. The van der Waals surface area contributed by atoms with Crippen LogP contribution < -0.4 is 20.1 Å². The molecule has 1 fully saturated rings. The Morgan fingerprint density at radius 1 is 1.31 bits per heavy atom. The second-order valence-electron chi connectivity index (χ2n) is 10.0. The van der Waals surface area contributed by atoms with E-state index < -0.39 is 55.2 Å². The van der Waals surface area contributed by atoms with Gasteiger partial charge < -0.3 is 39.2 Å². The van der Waals surface area contributed by atoms with Gasteiger partial charge in [-0.25, -0.2) is 14.5 Å². The summed E-state index contributed by atoms with van der Waals surface area (Å²) in [4.78, 5) is 24.8. The first-order chi connectivity index (χ1) is 19.7. The summed E-state index contributed by atoms with van der Waals surface area (Å²) in [7, 11) is 0. The molecule has 5 N–H and O–H groups in total. The molecule has 2 aromatic heterocycles. The molecule has 6 atom stereocenters. The van der Waals surface area contributed by atoms with Crippen molar-refractivity contribution >= 4 is 41.5 Å². The van der Waals surface area contributed by atoms with Gasteiger partial charge in [-0.3, -0.25) is 9.36 Å². The zero-order chi connectivity index (χ0) is 30.9. The van der Waals surface area contributed by atoms with Crippen LogP contribution in [-0.2, 0) is 30.6 Å². The second kappa shape index (κ2) is 12.3. The average Bonchev–Trinajstić information content (AvgIpc) is 3.40. The number of carbonyl (C=O) groups is 1. The number of anilines is 1. The van der Waals surface area contributed by atoms with E-state index in [1.807, 2.05) is 0 Å². The van der Waals surface area contributed by atoms with E-state index in [-0.39, 0.29) is 35.3 Å². The highest BCUT2D eigenvalue weighted by molar-refractivity contribution is 8.09. The number of aliphatic hydroxyl groups excluding tert-OH is 1. The number of fused-ring (bicyclic) bond motifs is 1. The number of alkyl halides is 1. The number of hydrogen-bond acceptors (Lipinski definition) is 13. The summed E-state index contributed by atoms with van der Waals surface area (Å²) in [5.74, 6) is -3.41. The van der Waals surface area contributed by atoms with Crippen molar-refractivity contribution < 1.29 is 42.7 Å². The lowest BCUT2D eigenvalue weighted by molar-refractivity contribution is -0.202. The number of aliphatic hydroxyl groups is 2. The van der Waals surface area contributed by atoms with Crippen molar-refractivity contribution in [1.29, 1.82) is 0 Å². The molecular formula is C25H34FN6O8PS. The van der Waals surface area contributed by atoms with Crippen molar-refractivity contribution in [3.05, 3.63) is 36.7 Å². The predicted octanol–water partition coefficient (Wildman–Crippen LogP) is 2.36. The quantitative estimate of drug-likeness (QED) is 0.169. The number of hydrogen-bond donors (Lipinski definition) is 4. The number of halogens is 1. The maximum absolute atomic E-state index is 16.4. The van der Waals surface area contributed by atoms with Gasteiger partial charge in [-0.05, 0) is 58.6 Å². The molecule has 3 heterocycles. The zero-order valence-corrected chi connectivity index (χ0v) is 25.3. The van der Waals surface area contributed by atoms with E-state index in [1.165, 1.54) is 24.7 Å². The van der Waals surface area contributed by atoms with Crippen molar-refractivity contribution in [2.75, 3.05) is 18.9 Å². The Bertz CT molecular complexity index is 1460. The first-order valence-electron chi connectivity index (χ1n) is 13.1. The van der Waals surface area contributed by atoms with Gasteiger partial charge in [-0.15, -0.1) is 0 Å². The van der Waals surface area contributed by atoms with E-state index >= 15 is 4.39 Å². The van der Waals surface area contributed by atoms with Crippen molar-refractivity contribution in [2.24, 2.45) is 0 Å². The lowest BCUT2D eigenvalue weighted by Crippen LogP contribution is -2.49. The van der Waals surface area contributed by atoms with Gasteiger partial charge in [0, 0.05) is 0 Å². The largest absolute Gasteiger partial charge is 0.476 e. The van der Waals surface area contributed by atoms with Crippen LogP contribution in [-0.4, -0.2) is 78.6 Å². The van der Waals surface area contributed by atoms with Crippen molar-refractivity contribution in [3.8, 4) is 11.6 Å². The van der Waals surface area contributed by atoms with Gasteiger partial charge in [0.05, 0.1) is 19.0 Å². The second-order valence-corrected chi connectivity index (χ2v) is 13.2. The van der Waals surface area contributed by atoms with Crippen LogP contribution in [0.3, 0.4) is 0 Å². The number of ether oxygens (including phenoxy) is 3. The van der Waals surface area contributed by atoms with E-state index in [0.29, 0.717) is 0 Å². The molecule has 1 aliphatic rings. The lowest BCUT2D eigenvalue weighted by atomic mass is 9.95. The maximum atomic E-state index is 16.4. The number of carbonyl (C=O) groups excluding carboxylic acids is 1. The minimum Gasteiger partial charge on any atom is -0.476 e. The van der Waals surface area contributed by atoms with Gasteiger partial charge in [0.25, 0.3) is 5.85 Å². The van der Waals surface area contributed by atoms with Crippen LogP contribution in [0.2, 0.25) is 0 Å². The number of esters is 1. The third-order valence-electron chi connectivity index (χ3n) is 6.17. The molecule has 1 aliphatic heterocycles. The van der Waals surface area contributed by atoms with E-state index in [4.69, 9.17) is 40.8 Å². The van der Waals surface area contributed by atoms with E-state index in [1.54, 1.807) is 51.1 Å². The number of imidazole rings is 1. The van der Waals surface area contributed by atoms with Crippen molar-refractivity contribution in [2.45, 2.75) is 70.6 Å². The maximum Gasteiger partial charge on any atom is 0.323 e. The first-order valence-corrected chi connectivity index (χ1v) is 15.7. The molecular weight excluding hydrogens is 594 g/mol. The molecule has 42 heavy (non-hydrogen) atoms. The molecule has 0 aliphatic carbocycles. The fraction of sp³-hybridized carbons (Fsp3) is 0.520. The standard InChI is InChI=1S/C25H34FN6O8PS/c1-6-36-19-17-18(29-23(27)30-19)32(13-28-17)22-24(5,35)21(34)25(26,39-22)12-37-41(42,40-16-10-8-7-9-11-16)31-15(4)20(33)38-14(2)3/h7-11,13-15,21-22,34-35H,6,12H2,1-5H3,(H,31,42)(H2,27,29,30)/t15-,21+,22-,24-,25-,41?/m1/s1. The summed E-state index contributed by atoms with van der Waals surface area (Å²) < 4.78 is 45.5. The Kier molecular flexibility index (Phi) is 9.37. The molecule has 230 valence electrons. The van der Waals surface area contributed by atoms with Crippen LogP contribution in [0.25, 0.3) is 11.2 Å². The summed E-state index contributed by atoms with van der Waals surface area (Å²) in [5.41, 5.74) is 3.86. The topological polar surface area (TPSA) is 185 Å². The van der Waals surface area contributed by atoms with Crippen molar-refractivity contribution in [1.82, 2.24) is 24.6 Å². The van der Waals surface area contributed by atoms with Gasteiger partial charge in [-0.1, -0.05) is 18.2 Å². The van der Waals surface area contributed by atoms with Gasteiger partial charge in [0.2, 0.25) is 11.8 Å². The monoisotopic (exact) mass is 628 g/mol. The molecule has 3 aromatic rings. The van der Waals surface area contributed by atoms with Crippen LogP contribution in [0.1, 0.15) is 40.8 Å². The summed E-state index contributed by atoms with van der Waals surface area (Å²) in [6.45, 7) is 3.36. The van der Waals surface area contributed by atoms with E-state index in [9.17, 15) is 15.0 Å². The Labute approximate surface area is 246 Å². The zero-order valence-electron chi connectivity index (χ0n) is 23.6. The molecule has 0 amide bonds. The van der Waals surface area contributed by atoms with Gasteiger partial charge >= 0.3 is 12.6 Å². The number of nitrogens with one attached hydrogen (secondary N) is 1. The SMILES string of the molecule is CCOc1nc(N)nc2c1ncn2[C@@H]1O[C@](F)(COP(=S)(N[C@H](C)C(=O)OC(C)C)Oc2ccccc2)[C@@H](O)[C@@]1(C)O. The smallest absolute Gasteiger partial charge is 0.323 e. The number of nitrogens with two attached hydrogens (primary N) is 1. The Hall–Kier alpha value is -2.98. The molecule has 0 saturated carbocycles. The third kappa shape index (κ3) is 6.64. The number of aromatic nitrogens is 4. The average molecular weight is 629 g/mol. The Morgan fingerprint density at radius 3 is 2.64 bits per heavy atom. The van der Waals surface area contributed by atoms with Crippen LogP contribution in [0.15, 0.2) is 36.7 Å². The number of para-hydroxylation sites is 1. The summed E-state index contributed by atoms with van der Waals surface area (Å²) in [6.07, 6.45) is -2.85. The number of nitrogens with zero attached hydrogens (tertiary/aromatic N) is 4. The highest BCUT2D eigenvalue weighted by atomic mass is 32.5. The Balaban J connectivity index is 1.61. The van der Waals surface area contributed by atoms with Crippen LogP contribution in [0.5, 0.6) is 11.6 Å². The highest BCUT2D eigenvalue weighted by Crippen LogP contribution is 2.51. The minimum atomic E-state index is -3.70. The highest BCUT2D eigenvalue weighted by Gasteiger charge is 2.63. The fourth-order valence-electron chi connectivity index (χ4n) is 4.22. The lowest BCUT2D eigenvalue weighted by Gasteiger charge is -2.30.